The van der Waals surface area contributed by atoms with E-state index in [1.807, 2.05) is 0 Å². The fourth-order valence-electron chi connectivity index (χ4n) is 2.73. The van der Waals surface area contributed by atoms with Gasteiger partial charge in [0.25, 0.3) is 5.56 Å². The SMILES string of the molecule is COc1ccc(CN=Cc2c(O)[nH]c(=O)c3ccc(Br)cc23)cc1OC(C)=O. The molecule has 3 aromatic rings. The van der Waals surface area contributed by atoms with Crippen molar-refractivity contribution in [3.8, 4) is 17.4 Å². The minimum Gasteiger partial charge on any atom is -0.494 e. The van der Waals surface area contributed by atoms with Gasteiger partial charge in [0.1, 0.15) is 0 Å². The number of benzene rings is 2. The third kappa shape index (κ3) is 4.23. The lowest BCUT2D eigenvalue weighted by molar-refractivity contribution is -0.132. The number of esters is 1. The average molecular weight is 445 g/mol. The van der Waals surface area contributed by atoms with Gasteiger partial charge in [0.2, 0.25) is 5.88 Å². The van der Waals surface area contributed by atoms with Crippen LogP contribution in [-0.4, -0.2) is 29.4 Å². The number of carbonyl (C=O) groups excluding carboxylic acids is 1. The van der Waals surface area contributed by atoms with Crippen molar-refractivity contribution in [3.05, 3.63) is 62.4 Å². The number of hydrogen-bond acceptors (Lipinski definition) is 6. The van der Waals surface area contributed by atoms with Crippen molar-refractivity contribution >= 4 is 38.9 Å². The summed E-state index contributed by atoms with van der Waals surface area (Å²) < 4.78 is 11.1. The molecule has 1 aromatic heterocycles. The number of hydrogen-bond donors (Lipinski definition) is 2. The Bertz CT molecular complexity index is 1140. The molecular weight excluding hydrogens is 428 g/mol. The largest absolute Gasteiger partial charge is 0.494 e. The van der Waals surface area contributed by atoms with Crippen LogP contribution >= 0.6 is 15.9 Å². The van der Waals surface area contributed by atoms with Crippen LogP contribution in [0.3, 0.4) is 0 Å². The van der Waals surface area contributed by atoms with Gasteiger partial charge in [-0.05, 0) is 35.9 Å². The van der Waals surface area contributed by atoms with Gasteiger partial charge in [0.05, 0.1) is 19.2 Å². The molecule has 0 atom stereocenters. The molecule has 1 heterocycles. The second-order valence-corrected chi connectivity index (χ2v) is 6.87. The lowest BCUT2D eigenvalue weighted by Gasteiger charge is -2.09. The first-order chi connectivity index (χ1) is 13.4. The molecule has 28 heavy (non-hydrogen) atoms. The van der Waals surface area contributed by atoms with Crippen LogP contribution in [0.2, 0.25) is 0 Å². The monoisotopic (exact) mass is 444 g/mol. The van der Waals surface area contributed by atoms with Crippen LogP contribution in [0.5, 0.6) is 17.4 Å². The van der Waals surface area contributed by atoms with Gasteiger partial charge in [-0.25, -0.2) is 0 Å². The zero-order valence-electron chi connectivity index (χ0n) is 15.2. The molecule has 2 aromatic carbocycles. The van der Waals surface area contributed by atoms with Crippen LogP contribution in [0, 0.1) is 0 Å². The number of nitrogens with zero attached hydrogens (tertiary/aromatic N) is 1. The van der Waals surface area contributed by atoms with Gasteiger partial charge in [-0.15, -0.1) is 0 Å². The molecular formula is C20H17BrN2O5. The Balaban J connectivity index is 1.92. The fraction of sp³-hybridized carbons (Fsp3) is 0.150. The third-order valence-electron chi connectivity index (χ3n) is 3.98. The summed E-state index contributed by atoms with van der Waals surface area (Å²) in [5.41, 5.74) is 0.811. The number of nitrogens with one attached hydrogen (secondary N) is 1. The number of aromatic hydroxyl groups is 1. The molecule has 0 saturated carbocycles. The Kier molecular flexibility index (Phi) is 5.79. The highest BCUT2D eigenvalue weighted by Gasteiger charge is 2.11. The number of aliphatic imine (C=N–C) groups is 1. The lowest BCUT2D eigenvalue weighted by Crippen LogP contribution is -2.08. The van der Waals surface area contributed by atoms with E-state index in [0.29, 0.717) is 27.8 Å². The summed E-state index contributed by atoms with van der Waals surface area (Å²) in [4.78, 5) is 30.0. The molecule has 0 aliphatic carbocycles. The van der Waals surface area contributed by atoms with Gasteiger partial charge in [0, 0.05) is 28.4 Å². The number of ether oxygens (including phenoxy) is 2. The van der Waals surface area contributed by atoms with E-state index in [9.17, 15) is 14.7 Å². The van der Waals surface area contributed by atoms with E-state index in [1.165, 1.54) is 20.2 Å². The quantitative estimate of drug-likeness (QED) is 0.356. The van der Waals surface area contributed by atoms with Crippen LogP contribution in [0.15, 0.2) is 50.7 Å². The summed E-state index contributed by atoms with van der Waals surface area (Å²) >= 11 is 3.37. The fourth-order valence-corrected chi connectivity index (χ4v) is 3.10. The van der Waals surface area contributed by atoms with Crippen molar-refractivity contribution in [1.82, 2.24) is 4.98 Å². The number of fused-ring (bicyclic) bond motifs is 1. The highest BCUT2D eigenvalue weighted by Crippen LogP contribution is 2.29. The summed E-state index contributed by atoms with van der Waals surface area (Å²) in [5, 5.41) is 11.2. The Labute approximate surface area is 168 Å². The summed E-state index contributed by atoms with van der Waals surface area (Å²) in [6.45, 7) is 1.58. The molecule has 0 saturated heterocycles. The number of halogens is 1. The molecule has 8 heteroatoms. The van der Waals surface area contributed by atoms with E-state index in [1.54, 1.807) is 36.4 Å². The first-order valence-corrected chi connectivity index (χ1v) is 9.08. The maximum atomic E-state index is 12.0. The molecule has 0 aliphatic heterocycles. The third-order valence-corrected chi connectivity index (χ3v) is 4.47. The summed E-state index contributed by atoms with van der Waals surface area (Å²) in [5.74, 6) is 0.0462. The minimum absolute atomic E-state index is 0.255. The smallest absolute Gasteiger partial charge is 0.308 e. The molecule has 0 fully saturated rings. The predicted molar refractivity (Wildman–Crippen MR) is 110 cm³/mol. The normalized spacial score (nSPS) is 11.1. The maximum absolute atomic E-state index is 12.0. The van der Waals surface area contributed by atoms with E-state index >= 15 is 0 Å². The molecule has 144 valence electrons. The average Bonchev–Trinajstić information content (AvgIpc) is 2.64. The van der Waals surface area contributed by atoms with Crippen molar-refractivity contribution in [2.24, 2.45) is 4.99 Å². The van der Waals surface area contributed by atoms with Crippen molar-refractivity contribution in [2.45, 2.75) is 13.5 Å². The Morgan fingerprint density at radius 3 is 2.71 bits per heavy atom. The predicted octanol–water partition coefficient (Wildman–Crippen LogP) is 3.55. The topological polar surface area (TPSA) is 101 Å². The lowest BCUT2D eigenvalue weighted by atomic mass is 10.1. The molecule has 0 unspecified atom stereocenters. The number of methoxy groups -OCH3 is 1. The zero-order chi connectivity index (χ0) is 20.3. The molecule has 0 bridgehead atoms. The van der Waals surface area contributed by atoms with E-state index in [4.69, 9.17) is 9.47 Å². The molecule has 0 amide bonds. The molecule has 2 N–H and O–H groups in total. The Morgan fingerprint density at radius 1 is 1.21 bits per heavy atom. The molecule has 7 nitrogen and oxygen atoms in total. The second-order valence-electron chi connectivity index (χ2n) is 5.95. The first kappa shape index (κ1) is 19.6. The van der Waals surface area contributed by atoms with Crippen molar-refractivity contribution in [3.63, 3.8) is 0 Å². The van der Waals surface area contributed by atoms with E-state index in [-0.39, 0.29) is 18.0 Å². The van der Waals surface area contributed by atoms with Crippen LogP contribution < -0.4 is 15.0 Å². The van der Waals surface area contributed by atoms with Crippen LogP contribution in [0.4, 0.5) is 0 Å². The van der Waals surface area contributed by atoms with Crippen molar-refractivity contribution in [2.75, 3.05) is 7.11 Å². The number of carbonyl (C=O) groups is 1. The molecule has 0 aliphatic rings. The van der Waals surface area contributed by atoms with Crippen LogP contribution in [0.25, 0.3) is 10.8 Å². The molecule has 0 spiro atoms. The van der Waals surface area contributed by atoms with Gasteiger partial charge < -0.3 is 14.6 Å². The van der Waals surface area contributed by atoms with Gasteiger partial charge in [-0.3, -0.25) is 19.6 Å². The Hall–Kier alpha value is -3.13. The number of H-pyrrole nitrogens is 1. The van der Waals surface area contributed by atoms with Crippen LogP contribution in [0.1, 0.15) is 18.1 Å². The summed E-state index contributed by atoms with van der Waals surface area (Å²) in [7, 11) is 1.49. The Morgan fingerprint density at radius 2 is 2.00 bits per heavy atom. The van der Waals surface area contributed by atoms with Crippen LogP contribution in [-0.2, 0) is 11.3 Å². The molecule has 3 rings (SSSR count). The number of pyridine rings is 1. The number of rotatable bonds is 5. The number of aromatic amines is 1. The van der Waals surface area contributed by atoms with Gasteiger partial charge in [-0.1, -0.05) is 22.0 Å². The summed E-state index contributed by atoms with van der Waals surface area (Å²) in [6, 6.07) is 10.3. The highest BCUT2D eigenvalue weighted by molar-refractivity contribution is 9.10. The van der Waals surface area contributed by atoms with Crippen molar-refractivity contribution < 1.29 is 19.4 Å². The highest BCUT2D eigenvalue weighted by atomic mass is 79.9. The van der Waals surface area contributed by atoms with E-state index in [0.717, 1.165) is 10.0 Å². The van der Waals surface area contributed by atoms with Gasteiger partial charge in [0.15, 0.2) is 11.5 Å². The van der Waals surface area contributed by atoms with E-state index < -0.39 is 5.97 Å². The molecule has 0 radical (unpaired) electrons. The zero-order valence-corrected chi connectivity index (χ0v) is 16.7. The van der Waals surface area contributed by atoms with Crippen molar-refractivity contribution in [1.29, 1.82) is 0 Å². The number of aromatic nitrogens is 1. The minimum atomic E-state index is -0.450. The maximum Gasteiger partial charge on any atom is 0.308 e. The standard InChI is InChI=1S/C20H17BrN2O5/c1-11(24)28-18-7-12(3-6-17(18)27-2)9-22-10-16-15-8-13(21)4-5-14(15)19(25)23-20(16)26/h3-8,10H,9H2,1-2H3,(H2,23,25,26). The first-order valence-electron chi connectivity index (χ1n) is 8.28. The van der Waals surface area contributed by atoms with Gasteiger partial charge >= 0.3 is 5.97 Å². The summed E-state index contributed by atoms with van der Waals surface area (Å²) in [6.07, 6.45) is 1.50. The van der Waals surface area contributed by atoms with Gasteiger partial charge in [-0.2, -0.15) is 0 Å². The second kappa shape index (κ2) is 8.26. The van der Waals surface area contributed by atoms with E-state index in [2.05, 4.69) is 25.9 Å².